The molecule has 0 radical (unpaired) electrons. The lowest BCUT2D eigenvalue weighted by molar-refractivity contribution is 0.304. The molecule has 1 aromatic carbocycles. The van der Waals surface area contributed by atoms with Gasteiger partial charge in [0.15, 0.2) is 0 Å². The van der Waals surface area contributed by atoms with Crippen molar-refractivity contribution in [1.82, 2.24) is 5.53 Å². The fourth-order valence-electron chi connectivity index (χ4n) is 3.02. The Balaban J connectivity index is 1.66. The smallest absolute Gasteiger partial charge is 0.119 e. The van der Waals surface area contributed by atoms with Crippen LogP contribution in [0.4, 0.5) is 5.69 Å². The van der Waals surface area contributed by atoms with E-state index in [1.165, 1.54) is 57.8 Å². The van der Waals surface area contributed by atoms with Gasteiger partial charge in [-0.05, 0) is 43.5 Å². The van der Waals surface area contributed by atoms with Crippen LogP contribution in [-0.4, -0.2) is 18.5 Å². The number of nitrogens with zero attached hydrogens (tertiary/aromatic N) is 3. The number of hydrazine groups is 1. The summed E-state index contributed by atoms with van der Waals surface area (Å²) in [7, 11) is 0. The van der Waals surface area contributed by atoms with Crippen LogP contribution in [0.2, 0.25) is 0 Å². The maximum Gasteiger partial charge on any atom is 0.119 e. The summed E-state index contributed by atoms with van der Waals surface area (Å²) in [6, 6.07) is 7.99. The van der Waals surface area contributed by atoms with E-state index in [-0.39, 0.29) is 0 Å². The number of unbranched alkanes of at least 4 members (excludes halogenated alkanes) is 8. The van der Waals surface area contributed by atoms with E-state index >= 15 is 0 Å². The summed E-state index contributed by atoms with van der Waals surface area (Å²) in [5.74, 6) is 0.909. The number of ether oxygens (including phenoxy) is 1. The van der Waals surface area contributed by atoms with Crippen LogP contribution in [0.5, 0.6) is 5.75 Å². The van der Waals surface area contributed by atoms with Crippen LogP contribution < -0.4 is 15.4 Å². The van der Waals surface area contributed by atoms with Crippen LogP contribution in [0.25, 0.3) is 0 Å². The SMILES string of the molecule is CCCCCCCOc1ccc(N2N=CC(CCCCCCC)=NN2)cc1. The van der Waals surface area contributed by atoms with Gasteiger partial charge in [0.05, 0.1) is 24.2 Å². The Morgan fingerprint density at radius 2 is 1.52 bits per heavy atom. The molecule has 1 N–H and O–H groups in total. The third kappa shape index (κ3) is 8.46. The predicted octanol–water partition coefficient (Wildman–Crippen LogP) is 6.06. The number of hydrogen-bond donors (Lipinski definition) is 1. The van der Waals surface area contributed by atoms with Crippen molar-refractivity contribution < 1.29 is 4.74 Å². The Kier molecular flexibility index (Phi) is 10.4. The van der Waals surface area contributed by atoms with Crippen molar-refractivity contribution in [3.05, 3.63) is 24.3 Å². The first-order chi connectivity index (χ1) is 13.3. The highest BCUT2D eigenvalue weighted by molar-refractivity contribution is 6.31. The molecular weight excluding hydrogens is 336 g/mol. The highest BCUT2D eigenvalue weighted by Crippen LogP contribution is 2.20. The molecule has 0 unspecified atom stereocenters. The van der Waals surface area contributed by atoms with E-state index in [0.717, 1.165) is 36.6 Å². The van der Waals surface area contributed by atoms with Crippen LogP contribution in [0, 0.1) is 0 Å². The summed E-state index contributed by atoms with van der Waals surface area (Å²) in [5, 5.41) is 10.6. The molecule has 0 aliphatic carbocycles. The molecule has 2 rings (SSSR count). The van der Waals surface area contributed by atoms with Crippen LogP contribution in [-0.2, 0) is 0 Å². The molecule has 1 heterocycles. The molecule has 5 heteroatoms. The van der Waals surface area contributed by atoms with Gasteiger partial charge in [-0.1, -0.05) is 65.2 Å². The van der Waals surface area contributed by atoms with Crippen molar-refractivity contribution in [3.63, 3.8) is 0 Å². The minimum Gasteiger partial charge on any atom is -0.494 e. The van der Waals surface area contributed by atoms with Crippen LogP contribution >= 0.6 is 0 Å². The lowest BCUT2D eigenvalue weighted by Crippen LogP contribution is -2.34. The number of hydrogen-bond acceptors (Lipinski definition) is 5. The van der Waals surface area contributed by atoms with E-state index in [9.17, 15) is 0 Å². The Morgan fingerprint density at radius 1 is 0.852 bits per heavy atom. The van der Waals surface area contributed by atoms with Gasteiger partial charge in [-0.3, -0.25) is 0 Å². The third-order valence-electron chi connectivity index (χ3n) is 4.74. The van der Waals surface area contributed by atoms with Crippen LogP contribution in [0.15, 0.2) is 34.5 Å². The second-order valence-electron chi connectivity index (χ2n) is 7.18. The van der Waals surface area contributed by atoms with Gasteiger partial charge in [0.25, 0.3) is 0 Å². The second kappa shape index (κ2) is 13.2. The lowest BCUT2D eigenvalue weighted by Gasteiger charge is -2.21. The summed E-state index contributed by atoms with van der Waals surface area (Å²) in [4.78, 5) is 0. The van der Waals surface area contributed by atoms with Crippen molar-refractivity contribution in [2.24, 2.45) is 10.2 Å². The molecule has 1 aromatic rings. The van der Waals surface area contributed by atoms with E-state index in [1.54, 1.807) is 5.12 Å². The molecule has 0 spiro atoms. The molecule has 0 saturated heterocycles. The van der Waals surface area contributed by atoms with E-state index in [1.807, 2.05) is 30.5 Å². The van der Waals surface area contributed by atoms with E-state index < -0.39 is 0 Å². The molecule has 150 valence electrons. The van der Waals surface area contributed by atoms with Crippen LogP contribution in [0.3, 0.4) is 0 Å². The molecule has 27 heavy (non-hydrogen) atoms. The largest absolute Gasteiger partial charge is 0.494 e. The standard InChI is InChI=1S/C22H36N4O/c1-3-5-7-9-11-13-20-19-23-26(25-24-20)21-14-16-22(17-15-21)27-18-12-10-8-6-4-2/h14-17,19,25H,3-13,18H2,1-2H3. The zero-order chi connectivity index (χ0) is 19.2. The summed E-state index contributed by atoms with van der Waals surface area (Å²) in [6.07, 6.45) is 15.5. The van der Waals surface area contributed by atoms with Gasteiger partial charge in [-0.2, -0.15) is 20.9 Å². The Morgan fingerprint density at radius 3 is 2.15 bits per heavy atom. The minimum absolute atomic E-state index is 0.787. The van der Waals surface area contributed by atoms with Crippen molar-refractivity contribution in [1.29, 1.82) is 0 Å². The maximum absolute atomic E-state index is 5.81. The fraction of sp³-hybridized carbons (Fsp3) is 0.636. The van der Waals surface area contributed by atoms with Gasteiger partial charge in [0, 0.05) is 0 Å². The first-order valence-electron chi connectivity index (χ1n) is 10.7. The van der Waals surface area contributed by atoms with Gasteiger partial charge < -0.3 is 4.74 Å². The van der Waals surface area contributed by atoms with Crippen molar-refractivity contribution in [3.8, 4) is 5.75 Å². The Labute approximate surface area is 164 Å². The zero-order valence-corrected chi connectivity index (χ0v) is 17.1. The van der Waals surface area contributed by atoms with Gasteiger partial charge in [0.2, 0.25) is 0 Å². The number of rotatable bonds is 14. The minimum atomic E-state index is 0.787. The quantitative estimate of drug-likeness (QED) is 0.404. The molecule has 0 atom stereocenters. The highest BCUT2D eigenvalue weighted by Gasteiger charge is 2.09. The number of anilines is 1. The van der Waals surface area contributed by atoms with E-state index in [4.69, 9.17) is 4.74 Å². The van der Waals surface area contributed by atoms with Gasteiger partial charge in [0.1, 0.15) is 5.75 Å². The average molecular weight is 373 g/mol. The van der Waals surface area contributed by atoms with Gasteiger partial charge >= 0.3 is 0 Å². The molecule has 0 aromatic heterocycles. The highest BCUT2D eigenvalue weighted by atomic mass is 16.5. The lowest BCUT2D eigenvalue weighted by atomic mass is 10.1. The first-order valence-corrected chi connectivity index (χ1v) is 10.7. The maximum atomic E-state index is 5.81. The van der Waals surface area contributed by atoms with Crippen molar-refractivity contribution >= 4 is 17.6 Å². The van der Waals surface area contributed by atoms with Crippen LogP contribution in [0.1, 0.15) is 84.5 Å². The Hall–Kier alpha value is -2.04. The Bertz CT molecular complexity index is 568. The summed E-state index contributed by atoms with van der Waals surface area (Å²) in [5.41, 5.74) is 4.98. The number of nitrogens with one attached hydrogen (secondary N) is 1. The molecule has 0 fully saturated rings. The molecule has 0 amide bonds. The molecule has 0 bridgehead atoms. The van der Waals surface area contributed by atoms with Crippen molar-refractivity contribution in [2.45, 2.75) is 84.5 Å². The fourth-order valence-corrected chi connectivity index (χ4v) is 3.02. The summed E-state index contributed by atoms with van der Waals surface area (Å²) < 4.78 is 5.81. The first kappa shape index (κ1) is 21.3. The molecule has 0 saturated carbocycles. The monoisotopic (exact) mass is 372 g/mol. The molecular formula is C22H36N4O. The van der Waals surface area contributed by atoms with E-state index in [0.29, 0.717) is 0 Å². The third-order valence-corrected chi connectivity index (χ3v) is 4.74. The van der Waals surface area contributed by atoms with E-state index in [2.05, 4.69) is 29.6 Å². The molecule has 1 aliphatic heterocycles. The zero-order valence-electron chi connectivity index (χ0n) is 17.1. The van der Waals surface area contributed by atoms with Gasteiger partial charge in [-0.15, -0.1) is 0 Å². The predicted molar refractivity (Wildman–Crippen MR) is 116 cm³/mol. The molecule has 1 aliphatic rings. The summed E-state index contributed by atoms with van der Waals surface area (Å²) in [6.45, 7) is 5.26. The summed E-state index contributed by atoms with van der Waals surface area (Å²) >= 11 is 0. The number of benzene rings is 1. The molecule has 5 nitrogen and oxygen atoms in total. The second-order valence-corrected chi connectivity index (χ2v) is 7.18. The number of hydrazone groups is 2. The average Bonchev–Trinajstić information content (AvgIpc) is 2.71. The normalized spacial score (nSPS) is 13.4. The van der Waals surface area contributed by atoms with Gasteiger partial charge in [-0.25, -0.2) is 0 Å². The topological polar surface area (TPSA) is 49.2 Å². The van der Waals surface area contributed by atoms with Crippen molar-refractivity contribution in [2.75, 3.05) is 11.7 Å².